The summed E-state index contributed by atoms with van der Waals surface area (Å²) in [6.45, 7) is 1.85. The molecule has 2 nitrogen and oxygen atoms in total. The fourth-order valence-electron chi connectivity index (χ4n) is 1.17. The van der Waals surface area contributed by atoms with Crippen LogP contribution in [0.15, 0.2) is 18.2 Å². The lowest BCUT2D eigenvalue weighted by Gasteiger charge is -2.04. The lowest BCUT2D eigenvalue weighted by Crippen LogP contribution is -2.00. The number of hydrogen-bond donors (Lipinski definition) is 0. The molecule has 0 saturated heterocycles. The van der Waals surface area contributed by atoms with Crippen molar-refractivity contribution in [3.05, 3.63) is 28.8 Å². The van der Waals surface area contributed by atoms with Crippen LogP contribution in [-0.2, 0) is 11.2 Å². The molecule has 0 fully saturated rings. The number of halogens is 1. The molecule has 1 rings (SSSR count). The molecule has 0 saturated carbocycles. The van der Waals surface area contributed by atoms with E-state index < -0.39 is 0 Å². The van der Waals surface area contributed by atoms with Gasteiger partial charge in [0.1, 0.15) is 11.5 Å². The van der Waals surface area contributed by atoms with Crippen molar-refractivity contribution in [2.24, 2.45) is 0 Å². The molecule has 0 aliphatic carbocycles. The maximum Gasteiger partial charge on any atom is 0.137 e. The molecule has 0 aromatic heterocycles. The van der Waals surface area contributed by atoms with Crippen LogP contribution in [0, 0.1) is 0 Å². The SMILES string of the molecule is CCC(=O)Cc1ccc(OC)c(Cl)c1. The van der Waals surface area contributed by atoms with Crippen molar-refractivity contribution in [1.82, 2.24) is 0 Å². The number of hydrogen-bond acceptors (Lipinski definition) is 2. The van der Waals surface area contributed by atoms with Gasteiger partial charge in [-0.1, -0.05) is 24.6 Å². The summed E-state index contributed by atoms with van der Waals surface area (Å²) >= 11 is 5.92. The van der Waals surface area contributed by atoms with E-state index in [-0.39, 0.29) is 5.78 Å². The van der Waals surface area contributed by atoms with Crippen LogP contribution in [0.2, 0.25) is 5.02 Å². The topological polar surface area (TPSA) is 26.3 Å². The maximum atomic E-state index is 11.2. The summed E-state index contributed by atoms with van der Waals surface area (Å²) in [4.78, 5) is 11.2. The van der Waals surface area contributed by atoms with Gasteiger partial charge in [-0.2, -0.15) is 0 Å². The molecule has 76 valence electrons. The second kappa shape index (κ2) is 5.01. The van der Waals surface area contributed by atoms with Gasteiger partial charge in [0.15, 0.2) is 0 Å². The lowest BCUT2D eigenvalue weighted by molar-refractivity contribution is -0.118. The summed E-state index contributed by atoms with van der Waals surface area (Å²) in [5.74, 6) is 0.852. The summed E-state index contributed by atoms with van der Waals surface area (Å²) in [7, 11) is 1.57. The molecule has 0 amide bonds. The number of Topliss-reactive ketones (excluding diaryl/α,β-unsaturated/α-hetero) is 1. The standard InChI is InChI=1S/C11H13ClO2/c1-3-9(13)6-8-4-5-11(14-2)10(12)7-8/h4-5,7H,3,6H2,1-2H3. The van der Waals surface area contributed by atoms with Crippen molar-refractivity contribution in [2.75, 3.05) is 7.11 Å². The molecule has 0 aliphatic rings. The largest absolute Gasteiger partial charge is 0.495 e. The predicted molar refractivity (Wildman–Crippen MR) is 57.0 cm³/mol. The summed E-state index contributed by atoms with van der Waals surface area (Å²) in [6.07, 6.45) is 1.00. The fraction of sp³-hybridized carbons (Fsp3) is 0.364. The van der Waals surface area contributed by atoms with Gasteiger partial charge in [-0.25, -0.2) is 0 Å². The Hall–Kier alpha value is -1.02. The highest BCUT2D eigenvalue weighted by atomic mass is 35.5. The van der Waals surface area contributed by atoms with Crippen LogP contribution in [0.25, 0.3) is 0 Å². The van der Waals surface area contributed by atoms with Crippen LogP contribution < -0.4 is 4.74 Å². The van der Waals surface area contributed by atoms with Gasteiger partial charge in [-0.05, 0) is 17.7 Å². The Morgan fingerprint density at radius 1 is 1.50 bits per heavy atom. The first-order valence-corrected chi connectivity index (χ1v) is 4.89. The van der Waals surface area contributed by atoms with Gasteiger partial charge in [0.25, 0.3) is 0 Å². The molecule has 0 N–H and O–H groups in total. The van der Waals surface area contributed by atoms with E-state index in [0.29, 0.717) is 23.6 Å². The zero-order valence-corrected chi connectivity index (χ0v) is 9.10. The van der Waals surface area contributed by atoms with Crippen LogP contribution in [0.4, 0.5) is 0 Å². The van der Waals surface area contributed by atoms with Crippen LogP contribution >= 0.6 is 11.6 Å². The Balaban J connectivity index is 2.81. The van der Waals surface area contributed by atoms with Gasteiger partial charge in [0, 0.05) is 12.8 Å². The molecular weight excluding hydrogens is 200 g/mol. The Morgan fingerprint density at radius 3 is 2.71 bits per heavy atom. The highest BCUT2D eigenvalue weighted by Gasteiger charge is 2.04. The first-order valence-electron chi connectivity index (χ1n) is 4.51. The third-order valence-corrected chi connectivity index (χ3v) is 2.31. The molecule has 0 unspecified atom stereocenters. The average Bonchev–Trinajstić information content (AvgIpc) is 2.18. The van der Waals surface area contributed by atoms with Gasteiger partial charge < -0.3 is 4.74 Å². The second-order valence-electron chi connectivity index (χ2n) is 3.04. The van der Waals surface area contributed by atoms with Gasteiger partial charge in [-0.3, -0.25) is 4.79 Å². The smallest absolute Gasteiger partial charge is 0.137 e. The van der Waals surface area contributed by atoms with E-state index >= 15 is 0 Å². The van der Waals surface area contributed by atoms with Gasteiger partial charge in [-0.15, -0.1) is 0 Å². The summed E-state index contributed by atoms with van der Waals surface area (Å²) in [5.41, 5.74) is 0.933. The van der Waals surface area contributed by atoms with Gasteiger partial charge in [0.2, 0.25) is 0 Å². The molecule has 1 aromatic carbocycles. The monoisotopic (exact) mass is 212 g/mol. The predicted octanol–water partition coefficient (Wildman–Crippen LogP) is 2.87. The maximum absolute atomic E-state index is 11.2. The van der Waals surface area contributed by atoms with E-state index in [1.165, 1.54) is 0 Å². The molecule has 0 aliphatic heterocycles. The number of methoxy groups -OCH3 is 1. The van der Waals surface area contributed by atoms with Crippen LogP contribution in [0.3, 0.4) is 0 Å². The van der Waals surface area contributed by atoms with Crippen LogP contribution in [0.5, 0.6) is 5.75 Å². The molecule has 0 atom stereocenters. The molecule has 0 radical (unpaired) electrons. The van der Waals surface area contributed by atoms with Crippen molar-refractivity contribution >= 4 is 17.4 Å². The van der Waals surface area contributed by atoms with Crippen molar-refractivity contribution in [3.63, 3.8) is 0 Å². The molecule has 14 heavy (non-hydrogen) atoms. The zero-order chi connectivity index (χ0) is 10.6. The molecule has 0 bridgehead atoms. The molecule has 0 spiro atoms. The summed E-state index contributed by atoms with van der Waals surface area (Å²) < 4.78 is 5.01. The minimum absolute atomic E-state index is 0.214. The second-order valence-corrected chi connectivity index (χ2v) is 3.45. The number of carbonyl (C=O) groups excluding carboxylic acids is 1. The minimum atomic E-state index is 0.214. The molecule has 0 heterocycles. The van der Waals surface area contributed by atoms with E-state index in [1.807, 2.05) is 13.0 Å². The molecule has 3 heteroatoms. The van der Waals surface area contributed by atoms with Crippen LogP contribution in [0.1, 0.15) is 18.9 Å². The van der Waals surface area contributed by atoms with Crippen molar-refractivity contribution in [1.29, 1.82) is 0 Å². The summed E-state index contributed by atoms with van der Waals surface area (Å²) in [5, 5.41) is 0.550. The van der Waals surface area contributed by atoms with Gasteiger partial charge >= 0.3 is 0 Å². The van der Waals surface area contributed by atoms with Crippen molar-refractivity contribution in [2.45, 2.75) is 19.8 Å². The first kappa shape index (κ1) is 11.1. The number of ketones is 1. The molecule has 1 aromatic rings. The van der Waals surface area contributed by atoms with Crippen molar-refractivity contribution in [3.8, 4) is 5.75 Å². The fourth-order valence-corrected chi connectivity index (χ4v) is 1.45. The van der Waals surface area contributed by atoms with E-state index in [0.717, 1.165) is 5.56 Å². The Kier molecular flexibility index (Phi) is 3.96. The van der Waals surface area contributed by atoms with E-state index in [4.69, 9.17) is 16.3 Å². The highest BCUT2D eigenvalue weighted by Crippen LogP contribution is 2.25. The first-order chi connectivity index (χ1) is 6.67. The average molecular weight is 213 g/mol. The number of rotatable bonds is 4. The Labute approximate surface area is 88.8 Å². The number of carbonyl (C=O) groups is 1. The quantitative estimate of drug-likeness (QED) is 0.767. The van der Waals surface area contributed by atoms with E-state index in [2.05, 4.69) is 0 Å². The van der Waals surface area contributed by atoms with Crippen molar-refractivity contribution < 1.29 is 9.53 Å². The normalized spacial score (nSPS) is 9.93. The summed E-state index contributed by atoms with van der Waals surface area (Å²) in [6, 6.07) is 5.41. The minimum Gasteiger partial charge on any atom is -0.495 e. The van der Waals surface area contributed by atoms with Crippen LogP contribution in [-0.4, -0.2) is 12.9 Å². The molecular formula is C11H13ClO2. The Morgan fingerprint density at radius 2 is 2.21 bits per heavy atom. The highest BCUT2D eigenvalue weighted by molar-refractivity contribution is 6.32. The third kappa shape index (κ3) is 2.74. The Bertz CT molecular complexity index is 334. The number of benzene rings is 1. The number of ether oxygens (including phenoxy) is 1. The van der Waals surface area contributed by atoms with Gasteiger partial charge in [0.05, 0.1) is 12.1 Å². The zero-order valence-electron chi connectivity index (χ0n) is 8.34. The lowest BCUT2D eigenvalue weighted by atomic mass is 10.1. The van der Waals surface area contributed by atoms with E-state index in [1.54, 1.807) is 19.2 Å². The van der Waals surface area contributed by atoms with E-state index in [9.17, 15) is 4.79 Å². The third-order valence-electron chi connectivity index (χ3n) is 2.01.